The van der Waals surface area contributed by atoms with Gasteiger partial charge in [-0.25, -0.2) is 0 Å². The molecule has 5 nitrogen and oxygen atoms in total. The summed E-state index contributed by atoms with van der Waals surface area (Å²) in [6.07, 6.45) is 18.8. The SMILES string of the molecule is C=CCCNC(=O)c1cc(C=C)cc(C(=O)NCCC=C)c1OCCCCCCCCCCCC. The Morgan fingerprint density at radius 1 is 0.771 bits per heavy atom. The number of nitrogens with one attached hydrogen (secondary N) is 2. The Labute approximate surface area is 213 Å². The number of amides is 2. The molecule has 5 heteroatoms. The monoisotopic (exact) mass is 482 g/mol. The molecule has 35 heavy (non-hydrogen) atoms. The number of carbonyl (C=O) groups excluding carboxylic acids is 2. The standard InChI is InChI=1S/C30H46N2O3/c1-5-9-12-13-14-15-16-17-18-19-22-35-28-26(29(33)31-20-10-6-2)23-25(8-4)24-27(28)30(34)32-21-11-7-3/h6-8,23-24H,2-5,9-22H2,1H3,(H,31,33)(H,32,34). The first-order valence-corrected chi connectivity index (χ1v) is 13.3. The van der Waals surface area contributed by atoms with E-state index in [9.17, 15) is 9.59 Å². The summed E-state index contributed by atoms with van der Waals surface area (Å²) < 4.78 is 6.10. The molecule has 2 N–H and O–H groups in total. The Kier molecular flexibility index (Phi) is 16.8. The zero-order valence-electron chi connectivity index (χ0n) is 21.8. The van der Waals surface area contributed by atoms with Crippen LogP contribution in [0.5, 0.6) is 5.75 Å². The van der Waals surface area contributed by atoms with Crippen LogP contribution in [-0.4, -0.2) is 31.5 Å². The largest absolute Gasteiger partial charge is 0.492 e. The third-order valence-corrected chi connectivity index (χ3v) is 5.85. The van der Waals surface area contributed by atoms with Gasteiger partial charge in [-0.05, 0) is 37.0 Å². The number of hydrogen-bond acceptors (Lipinski definition) is 3. The molecule has 1 aromatic carbocycles. The predicted octanol–water partition coefficient (Wildman–Crippen LogP) is 7.24. The van der Waals surface area contributed by atoms with E-state index in [2.05, 4.69) is 37.3 Å². The third kappa shape index (κ3) is 12.4. The van der Waals surface area contributed by atoms with Crippen LogP contribution in [0.15, 0.2) is 44.0 Å². The summed E-state index contributed by atoms with van der Waals surface area (Å²) in [5, 5.41) is 5.77. The van der Waals surface area contributed by atoms with E-state index in [0.29, 0.717) is 55.0 Å². The van der Waals surface area contributed by atoms with E-state index in [1.165, 1.54) is 51.4 Å². The average molecular weight is 483 g/mol. The van der Waals surface area contributed by atoms with E-state index >= 15 is 0 Å². The Morgan fingerprint density at radius 2 is 1.23 bits per heavy atom. The molecule has 0 unspecified atom stereocenters. The van der Waals surface area contributed by atoms with E-state index in [1.54, 1.807) is 30.4 Å². The van der Waals surface area contributed by atoms with E-state index in [0.717, 1.165) is 12.8 Å². The van der Waals surface area contributed by atoms with Gasteiger partial charge in [-0.15, -0.1) is 13.2 Å². The fourth-order valence-corrected chi connectivity index (χ4v) is 3.79. The van der Waals surface area contributed by atoms with Gasteiger partial charge in [-0.2, -0.15) is 0 Å². The molecule has 0 heterocycles. The molecule has 0 fully saturated rings. The predicted molar refractivity (Wildman–Crippen MR) is 148 cm³/mol. The normalized spacial score (nSPS) is 10.4. The summed E-state index contributed by atoms with van der Waals surface area (Å²) in [5.74, 6) is -0.207. The van der Waals surface area contributed by atoms with E-state index in [4.69, 9.17) is 4.74 Å². The number of ether oxygens (including phenoxy) is 1. The Bertz CT molecular complexity index is 754. The maximum Gasteiger partial charge on any atom is 0.255 e. The fraction of sp³-hybridized carbons (Fsp3) is 0.533. The van der Waals surface area contributed by atoms with E-state index in [1.807, 2.05) is 0 Å². The molecule has 194 valence electrons. The molecule has 0 saturated carbocycles. The van der Waals surface area contributed by atoms with Crippen LogP contribution in [0.25, 0.3) is 6.08 Å². The van der Waals surface area contributed by atoms with E-state index in [-0.39, 0.29) is 11.8 Å². The second kappa shape index (κ2) is 19.5. The van der Waals surface area contributed by atoms with Crippen molar-refractivity contribution in [1.82, 2.24) is 10.6 Å². The molecule has 0 atom stereocenters. The fourth-order valence-electron chi connectivity index (χ4n) is 3.79. The molecule has 1 rings (SSSR count). The Morgan fingerprint density at radius 3 is 1.66 bits per heavy atom. The topological polar surface area (TPSA) is 67.4 Å². The van der Waals surface area contributed by atoms with Gasteiger partial charge in [-0.1, -0.05) is 89.5 Å². The molecule has 2 amide bonds. The molecule has 0 aliphatic rings. The molecule has 0 aromatic heterocycles. The van der Waals surface area contributed by atoms with Crippen LogP contribution in [-0.2, 0) is 0 Å². The van der Waals surface area contributed by atoms with Crippen LogP contribution >= 0.6 is 0 Å². The molecule has 0 saturated heterocycles. The second-order valence-electron chi connectivity index (χ2n) is 8.85. The average Bonchev–Trinajstić information content (AvgIpc) is 2.87. The molecule has 1 aromatic rings. The van der Waals surface area contributed by atoms with Crippen LogP contribution in [0.4, 0.5) is 0 Å². The number of carbonyl (C=O) groups is 2. The first-order chi connectivity index (χ1) is 17.1. The zero-order valence-corrected chi connectivity index (χ0v) is 21.8. The zero-order chi connectivity index (χ0) is 25.7. The summed E-state index contributed by atoms with van der Waals surface area (Å²) in [6.45, 7) is 14.8. The summed E-state index contributed by atoms with van der Waals surface area (Å²) in [5.41, 5.74) is 1.40. The van der Waals surface area contributed by atoms with Gasteiger partial charge in [0, 0.05) is 13.1 Å². The first-order valence-electron chi connectivity index (χ1n) is 13.3. The highest BCUT2D eigenvalue weighted by atomic mass is 16.5. The highest BCUT2D eigenvalue weighted by molar-refractivity contribution is 6.05. The number of rotatable bonds is 21. The maximum absolute atomic E-state index is 12.9. The molecular weight excluding hydrogens is 436 g/mol. The lowest BCUT2D eigenvalue weighted by Crippen LogP contribution is -2.28. The maximum atomic E-state index is 12.9. The van der Waals surface area contributed by atoms with Crippen molar-refractivity contribution in [2.45, 2.75) is 84.0 Å². The summed E-state index contributed by atoms with van der Waals surface area (Å²) in [4.78, 5) is 25.9. The van der Waals surface area contributed by atoms with Crippen molar-refractivity contribution in [3.63, 3.8) is 0 Å². The van der Waals surface area contributed by atoms with Gasteiger partial charge >= 0.3 is 0 Å². The van der Waals surface area contributed by atoms with Crippen LogP contribution in [0, 0.1) is 0 Å². The van der Waals surface area contributed by atoms with Crippen LogP contribution in [0.1, 0.15) is 110 Å². The van der Waals surface area contributed by atoms with Crippen LogP contribution in [0.3, 0.4) is 0 Å². The lowest BCUT2D eigenvalue weighted by atomic mass is 10.0. The first kappa shape index (κ1) is 30.2. The van der Waals surface area contributed by atoms with Gasteiger partial charge in [0.2, 0.25) is 0 Å². The van der Waals surface area contributed by atoms with Gasteiger partial charge in [0.25, 0.3) is 11.8 Å². The smallest absolute Gasteiger partial charge is 0.255 e. The molecule has 0 radical (unpaired) electrons. The Balaban J connectivity index is 2.81. The van der Waals surface area contributed by atoms with Crippen molar-refractivity contribution < 1.29 is 14.3 Å². The van der Waals surface area contributed by atoms with Crippen molar-refractivity contribution in [1.29, 1.82) is 0 Å². The lowest BCUT2D eigenvalue weighted by molar-refractivity contribution is 0.0946. The molecular formula is C30H46N2O3. The number of unbranched alkanes of at least 4 members (excludes halogenated alkanes) is 9. The van der Waals surface area contributed by atoms with Crippen molar-refractivity contribution in [2.75, 3.05) is 19.7 Å². The Hall–Kier alpha value is -2.82. The summed E-state index contributed by atoms with van der Waals surface area (Å²) in [7, 11) is 0. The van der Waals surface area contributed by atoms with E-state index < -0.39 is 0 Å². The highest BCUT2D eigenvalue weighted by Crippen LogP contribution is 2.28. The third-order valence-electron chi connectivity index (χ3n) is 5.85. The van der Waals surface area contributed by atoms with Crippen LogP contribution in [0.2, 0.25) is 0 Å². The second-order valence-corrected chi connectivity index (χ2v) is 8.85. The van der Waals surface area contributed by atoms with Gasteiger partial charge in [-0.3, -0.25) is 9.59 Å². The summed E-state index contributed by atoms with van der Waals surface area (Å²) in [6, 6.07) is 3.45. The molecule has 0 spiro atoms. The molecule has 0 bridgehead atoms. The lowest BCUT2D eigenvalue weighted by Gasteiger charge is -2.17. The minimum atomic E-state index is -0.270. The van der Waals surface area contributed by atoms with Gasteiger partial charge in [0.15, 0.2) is 0 Å². The molecule has 0 aliphatic carbocycles. The minimum absolute atomic E-state index is 0.270. The molecule has 0 aliphatic heterocycles. The van der Waals surface area contributed by atoms with Crippen molar-refractivity contribution in [3.8, 4) is 5.75 Å². The highest BCUT2D eigenvalue weighted by Gasteiger charge is 2.22. The van der Waals surface area contributed by atoms with Gasteiger partial charge in [0.05, 0.1) is 17.7 Å². The van der Waals surface area contributed by atoms with Crippen LogP contribution < -0.4 is 15.4 Å². The van der Waals surface area contributed by atoms with Crippen molar-refractivity contribution in [2.24, 2.45) is 0 Å². The minimum Gasteiger partial charge on any atom is -0.492 e. The number of benzene rings is 1. The van der Waals surface area contributed by atoms with Gasteiger partial charge in [0.1, 0.15) is 5.75 Å². The van der Waals surface area contributed by atoms with Gasteiger partial charge < -0.3 is 15.4 Å². The number of hydrogen-bond donors (Lipinski definition) is 2. The van der Waals surface area contributed by atoms with Crippen molar-refractivity contribution >= 4 is 17.9 Å². The van der Waals surface area contributed by atoms with Crippen molar-refractivity contribution in [3.05, 3.63) is 60.7 Å². The quantitative estimate of drug-likeness (QED) is 0.143. The summed E-state index contributed by atoms with van der Waals surface area (Å²) >= 11 is 0.